The zero-order valence-corrected chi connectivity index (χ0v) is 10.6. The van der Waals surface area contributed by atoms with E-state index in [1.165, 1.54) is 24.3 Å². The Kier molecular flexibility index (Phi) is 3.53. The molecule has 2 aromatic carbocycles. The highest BCUT2D eigenvalue weighted by atomic mass is 32.2. The van der Waals surface area contributed by atoms with E-state index >= 15 is 0 Å². The van der Waals surface area contributed by atoms with E-state index < -0.39 is 32.1 Å². The van der Waals surface area contributed by atoms with Crippen LogP contribution in [0.4, 0.5) is 14.5 Å². The molecule has 0 bridgehead atoms. The predicted molar refractivity (Wildman–Crippen MR) is 68.1 cm³/mol. The molecule has 0 heterocycles. The Labute approximate surface area is 109 Å². The lowest BCUT2D eigenvalue weighted by Crippen LogP contribution is -2.08. The fraction of sp³-hybridized carbons (Fsp3) is 0.0769. The maximum Gasteiger partial charge on any atom is 0.185 e. The molecule has 19 heavy (non-hydrogen) atoms. The molecule has 0 aromatic heterocycles. The van der Waals surface area contributed by atoms with Crippen molar-refractivity contribution in [3.05, 3.63) is 59.7 Å². The van der Waals surface area contributed by atoms with E-state index in [0.717, 1.165) is 18.2 Å². The van der Waals surface area contributed by atoms with Crippen molar-refractivity contribution in [1.29, 1.82) is 0 Å². The number of halogens is 2. The lowest BCUT2D eigenvalue weighted by atomic mass is 10.2. The molecular weight excluding hydrogens is 272 g/mol. The number of sulfone groups is 1. The summed E-state index contributed by atoms with van der Waals surface area (Å²) in [5.41, 5.74) is 5.76. The normalized spacial score (nSPS) is 11.5. The van der Waals surface area contributed by atoms with E-state index in [-0.39, 0.29) is 11.3 Å². The molecule has 2 N–H and O–H groups in total. The highest BCUT2D eigenvalue weighted by Crippen LogP contribution is 2.21. The van der Waals surface area contributed by atoms with Crippen LogP contribution in [0, 0.1) is 11.6 Å². The van der Waals surface area contributed by atoms with Crippen molar-refractivity contribution < 1.29 is 17.2 Å². The Bertz CT molecular complexity index is 714. The topological polar surface area (TPSA) is 60.2 Å². The van der Waals surface area contributed by atoms with Crippen LogP contribution in [-0.4, -0.2) is 8.42 Å². The van der Waals surface area contributed by atoms with Crippen LogP contribution in [-0.2, 0) is 15.6 Å². The molecule has 0 aliphatic rings. The fourth-order valence-electron chi connectivity index (χ4n) is 1.69. The van der Waals surface area contributed by atoms with Crippen LogP contribution in [0.15, 0.2) is 47.4 Å². The average Bonchev–Trinajstić information content (AvgIpc) is 2.27. The second kappa shape index (κ2) is 4.97. The van der Waals surface area contributed by atoms with Crippen molar-refractivity contribution in [2.24, 2.45) is 0 Å². The van der Waals surface area contributed by atoms with Gasteiger partial charge in [-0.15, -0.1) is 0 Å². The van der Waals surface area contributed by atoms with E-state index in [4.69, 9.17) is 5.73 Å². The zero-order valence-electron chi connectivity index (χ0n) is 9.81. The maximum atomic E-state index is 13.6. The number of hydrogen-bond acceptors (Lipinski definition) is 3. The SMILES string of the molecule is Nc1ccc(S(=O)(=O)Cc2cccc(F)c2)c(F)c1. The maximum absolute atomic E-state index is 13.6. The molecule has 0 atom stereocenters. The molecule has 0 saturated heterocycles. The first-order valence-electron chi connectivity index (χ1n) is 5.41. The summed E-state index contributed by atoms with van der Waals surface area (Å²) in [6, 6.07) is 8.54. The molecular formula is C13H11F2NO2S. The number of hydrogen-bond donors (Lipinski definition) is 1. The van der Waals surface area contributed by atoms with Gasteiger partial charge in [0.25, 0.3) is 0 Å². The van der Waals surface area contributed by atoms with E-state index in [1.807, 2.05) is 0 Å². The monoisotopic (exact) mass is 283 g/mol. The van der Waals surface area contributed by atoms with Gasteiger partial charge >= 0.3 is 0 Å². The smallest absolute Gasteiger partial charge is 0.185 e. The first-order chi connectivity index (χ1) is 8.88. The second-order valence-corrected chi connectivity index (χ2v) is 6.04. The lowest BCUT2D eigenvalue weighted by Gasteiger charge is -2.06. The van der Waals surface area contributed by atoms with Crippen molar-refractivity contribution in [1.82, 2.24) is 0 Å². The minimum atomic E-state index is -3.87. The van der Waals surface area contributed by atoms with Crippen LogP contribution < -0.4 is 5.73 Å². The average molecular weight is 283 g/mol. The van der Waals surface area contributed by atoms with Gasteiger partial charge in [0.2, 0.25) is 0 Å². The first-order valence-corrected chi connectivity index (χ1v) is 7.06. The van der Waals surface area contributed by atoms with E-state index in [0.29, 0.717) is 0 Å². The Morgan fingerprint density at radius 1 is 1.05 bits per heavy atom. The van der Waals surface area contributed by atoms with Gasteiger partial charge < -0.3 is 5.73 Å². The Balaban J connectivity index is 2.38. The lowest BCUT2D eigenvalue weighted by molar-refractivity contribution is 0.566. The van der Waals surface area contributed by atoms with Crippen LogP contribution in [0.3, 0.4) is 0 Å². The summed E-state index contributed by atoms with van der Waals surface area (Å²) < 4.78 is 50.7. The summed E-state index contributed by atoms with van der Waals surface area (Å²) in [6.07, 6.45) is 0. The molecule has 0 unspecified atom stereocenters. The van der Waals surface area contributed by atoms with E-state index in [1.54, 1.807) is 0 Å². The van der Waals surface area contributed by atoms with Gasteiger partial charge in [0.1, 0.15) is 16.5 Å². The van der Waals surface area contributed by atoms with Crippen molar-refractivity contribution in [3.63, 3.8) is 0 Å². The molecule has 0 saturated carbocycles. The van der Waals surface area contributed by atoms with E-state index in [2.05, 4.69) is 0 Å². The molecule has 2 aromatic rings. The van der Waals surface area contributed by atoms with Crippen LogP contribution in [0.5, 0.6) is 0 Å². The molecule has 0 amide bonds. The molecule has 3 nitrogen and oxygen atoms in total. The minimum absolute atomic E-state index is 0.141. The second-order valence-electron chi connectivity index (χ2n) is 4.08. The Morgan fingerprint density at radius 2 is 1.79 bits per heavy atom. The third-order valence-corrected chi connectivity index (χ3v) is 4.25. The van der Waals surface area contributed by atoms with Gasteiger partial charge in [0.15, 0.2) is 9.84 Å². The van der Waals surface area contributed by atoms with Crippen molar-refractivity contribution in [2.75, 3.05) is 5.73 Å². The molecule has 0 aliphatic heterocycles. The highest BCUT2D eigenvalue weighted by molar-refractivity contribution is 7.90. The number of anilines is 1. The molecule has 0 radical (unpaired) electrons. The van der Waals surface area contributed by atoms with Crippen LogP contribution in [0.1, 0.15) is 5.56 Å². The quantitative estimate of drug-likeness (QED) is 0.880. The molecule has 2 rings (SSSR count). The van der Waals surface area contributed by atoms with Crippen LogP contribution >= 0.6 is 0 Å². The summed E-state index contributed by atoms with van der Waals surface area (Å²) in [7, 11) is -3.87. The highest BCUT2D eigenvalue weighted by Gasteiger charge is 2.20. The molecule has 0 aliphatic carbocycles. The summed E-state index contributed by atoms with van der Waals surface area (Å²) in [6.45, 7) is 0. The van der Waals surface area contributed by atoms with Crippen LogP contribution in [0.25, 0.3) is 0 Å². The third-order valence-electron chi connectivity index (χ3n) is 2.54. The minimum Gasteiger partial charge on any atom is -0.399 e. The fourth-order valence-corrected chi connectivity index (χ4v) is 3.10. The number of rotatable bonds is 3. The Hall–Kier alpha value is -1.95. The van der Waals surface area contributed by atoms with Gasteiger partial charge in [0.05, 0.1) is 5.75 Å². The van der Waals surface area contributed by atoms with Gasteiger partial charge in [-0.05, 0) is 35.9 Å². The zero-order chi connectivity index (χ0) is 14.0. The molecule has 6 heteroatoms. The van der Waals surface area contributed by atoms with Gasteiger partial charge in [-0.3, -0.25) is 0 Å². The van der Waals surface area contributed by atoms with E-state index in [9.17, 15) is 17.2 Å². The van der Waals surface area contributed by atoms with Crippen molar-refractivity contribution >= 4 is 15.5 Å². The van der Waals surface area contributed by atoms with Gasteiger partial charge in [-0.2, -0.15) is 0 Å². The number of nitrogen functional groups attached to an aromatic ring is 1. The third kappa shape index (κ3) is 3.08. The van der Waals surface area contributed by atoms with Gasteiger partial charge in [-0.1, -0.05) is 12.1 Å². The van der Waals surface area contributed by atoms with Crippen molar-refractivity contribution in [3.8, 4) is 0 Å². The number of benzene rings is 2. The predicted octanol–water partition coefficient (Wildman–Crippen LogP) is 2.52. The van der Waals surface area contributed by atoms with Crippen molar-refractivity contribution in [2.45, 2.75) is 10.6 Å². The van der Waals surface area contributed by atoms with Crippen LogP contribution in [0.2, 0.25) is 0 Å². The van der Waals surface area contributed by atoms with Gasteiger partial charge in [-0.25, -0.2) is 17.2 Å². The summed E-state index contributed by atoms with van der Waals surface area (Å²) >= 11 is 0. The molecule has 0 fully saturated rings. The standard InChI is InChI=1S/C13H11F2NO2S/c14-10-3-1-2-9(6-10)8-19(17,18)13-5-4-11(16)7-12(13)15/h1-7H,8,16H2. The Morgan fingerprint density at radius 3 is 2.42 bits per heavy atom. The summed E-state index contributed by atoms with van der Waals surface area (Å²) in [5, 5.41) is 0. The van der Waals surface area contributed by atoms with Gasteiger partial charge in [0, 0.05) is 5.69 Å². The molecule has 100 valence electrons. The first kappa shape index (κ1) is 13.5. The number of nitrogens with two attached hydrogens (primary N) is 1. The largest absolute Gasteiger partial charge is 0.399 e. The summed E-state index contributed by atoms with van der Waals surface area (Å²) in [5.74, 6) is -1.91. The summed E-state index contributed by atoms with van der Waals surface area (Å²) in [4.78, 5) is -0.439. The molecule has 0 spiro atoms.